The molecule has 180 valence electrons. The first-order chi connectivity index (χ1) is 18.3. The Morgan fingerprint density at radius 2 is 1.03 bits per heavy atom. The predicted molar refractivity (Wildman–Crippen MR) is 153 cm³/mol. The van der Waals surface area contributed by atoms with Gasteiger partial charge in [0.1, 0.15) is 35.5 Å². The van der Waals surface area contributed by atoms with Crippen LogP contribution < -0.4 is 30.7 Å². The Balaban J connectivity index is 1.55. The third-order valence-electron chi connectivity index (χ3n) is 7.49. The summed E-state index contributed by atoms with van der Waals surface area (Å²) in [5.74, 6) is 1.43. The van der Waals surface area contributed by atoms with E-state index in [0.29, 0.717) is 0 Å². The van der Waals surface area contributed by atoms with Gasteiger partial charge in [0.25, 0.3) is 0 Å². The molecule has 37 heavy (non-hydrogen) atoms. The Hall–Kier alpha value is -3.85. The predicted octanol–water partition coefficient (Wildman–Crippen LogP) is 5.37. The van der Waals surface area contributed by atoms with E-state index in [4.69, 9.17) is 14.0 Å². The summed E-state index contributed by atoms with van der Waals surface area (Å²) in [5.41, 5.74) is 2.11. The largest absolute Gasteiger partial charge is 0.653 e. The van der Waals surface area contributed by atoms with Crippen molar-refractivity contribution >= 4 is 35.4 Å². The molecular formula is C32H26BO3P. The second kappa shape index (κ2) is 8.92. The minimum absolute atomic E-state index is 0.239. The topological polar surface area (TPSA) is 27.7 Å². The Morgan fingerprint density at radius 1 is 0.541 bits per heavy atom. The molecule has 3 nitrogen and oxygen atoms in total. The molecule has 1 unspecified atom stereocenters. The zero-order chi connectivity index (χ0) is 24.7. The lowest BCUT2D eigenvalue weighted by Gasteiger charge is -2.37. The fourth-order valence-corrected chi connectivity index (χ4v) is 10.5. The van der Waals surface area contributed by atoms with Gasteiger partial charge in [0.2, 0.25) is 0 Å². The zero-order valence-corrected chi connectivity index (χ0v) is 21.2. The summed E-state index contributed by atoms with van der Waals surface area (Å²) in [5, 5.41) is 3.89. The maximum absolute atomic E-state index is 7.10. The first-order valence-corrected chi connectivity index (χ1v) is 14.7. The van der Waals surface area contributed by atoms with Crippen LogP contribution in [-0.2, 0) is 4.65 Å². The second-order valence-corrected chi connectivity index (χ2v) is 13.1. The molecule has 0 saturated carbocycles. The van der Waals surface area contributed by atoms with Crippen LogP contribution in [0.3, 0.4) is 0 Å². The number of rotatable bonds is 3. The van der Waals surface area contributed by atoms with Crippen LogP contribution in [0.5, 0.6) is 11.5 Å². The van der Waals surface area contributed by atoms with Gasteiger partial charge in [0.05, 0.1) is 11.4 Å². The van der Waals surface area contributed by atoms with Crippen molar-refractivity contribution in [3.63, 3.8) is 0 Å². The Morgan fingerprint density at radius 3 is 1.62 bits per heavy atom. The van der Waals surface area contributed by atoms with Gasteiger partial charge in [0.15, 0.2) is 0 Å². The summed E-state index contributed by atoms with van der Waals surface area (Å²) in [6, 6.07) is 48.8. The van der Waals surface area contributed by atoms with E-state index in [-0.39, 0.29) is 6.10 Å². The molecule has 5 aromatic carbocycles. The summed E-state index contributed by atoms with van der Waals surface area (Å²) in [7, 11) is -2.19. The summed E-state index contributed by atoms with van der Waals surface area (Å²) in [4.78, 5) is 0. The van der Waals surface area contributed by atoms with Crippen molar-refractivity contribution in [2.75, 3.05) is 6.16 Å². The van der Waals surface area contributed by atoms with Crippen molar-refractivity contribution in [2.45, 2.75) is 6.10 Å². The highest BCUT2D eigenvalue weighted by Crippen LogP contribution is 2.59. The number of hydrogen-bond donors (Lipinski definition) is 0. The van der Waals surface area contributed by atoms with Crippen LogP contribution >= 0.6 is 7.26 Å². The van der Waals surface area contributed by atoms with Crippen LogP contribution in [0.2, 0.25) is 0 Å². The van der Waals surface area contributed by atoms with E-state index in [9.17, 15) is 0 Å². The summed E-state index contributed by atoms with van der Waals surface area (Å²) in [6.07, 6.45) is 0.561. The highest BCUT2D eigenvalue weighted by Gasteiger charge is 2.57. The third-order valence-corrected chi connectivity index (χ3v) is 12.0. The normalized spacial score (nSPS) is 18.6. The molecule has 2 heterocycles. The lowest BCUT2D eigenvalue weighted by molar-refractivity contribution is 0.144. The molecule has 7 rings (SSSR count). The fraction of sp³-hybridized carbons (Fsp3) is 0.0625. The molecule has 5 aromatic rings. The van der Waals surface area contributed by atoms with Gasteiger partial charge in [0, 0.05) is 0 Å². The van der Waals surface area contributed by atoms with Crippen LogP contribution in [0.15, 0.2) is 140 Å². The molecule has 0 bridgehead atoms. The molecule has 2 aliphatic heterocycles. The van der Waals surface area contributed by atoms with Crippen molar-refractivity contribution in [3.8, 4) is 11.5 Å². The Bertz CT molecular complexity index is 1480. The van der Waals surface area contributed by atoms with Gasteiger partial charge >= 0.3 is 6.75 Å². The summed E-state index contributed by atoms with van der Waals surface area (Å²) < 4.78 is 20.5. The van der Waals surface area contributed by atoms with Crippen LogP contribution in [-0.4, -0.2) is 12.9 Å². The van der Waals surface area contributed by atoms with Gasteiger partial charge in [-0.1, -0.05) is 97.1 Å². The highest BCUT2D eigenvalue weighted by atomic mass is 31.2. The summed E-state index contributed by atoms with van der Waals surface area (Å²) in [6.45, 7) is -2.28. The highest BCUT2D eigenvalue weighted by molar-refractivity contribution is 7.96. The lowest BCUT2D eigenvalue weighted by atomic mass is 9.69. The standard InChI is InChI=1S/C32H26BO3P/c1-4-14-25(15-5-1)31-24-37(26-16-6-2-7-17-26,27-18-8-3-9-19-27)32-23-13-10-20-28(32)33(36-31)34-29-21-11-12-22-30(29)35-33/h1-23,31H,24H2. The van der Waals surface area contributed by atoms with E-state index in [2.05, 4.69) is 109 Å². The molecule has 2 aliphatic rings. The van der Waals surface area contributed by atoms with E-state index in [0.717, 1.165) is 28.7 Å². The van der Waals surface area contributed by atoms with Gasteiger partial charge < -0.3 is 14.0 Å². The first kappa shape index (κ1) is 22.4. The van der Waals surface area contributed by atoms with Crippen LogP contribution in [0, 0.1) is 0 Å². The van der Waals surface area contributed by atoms with Crippen molar-refractivity contribution < 1.29 is 14.0 Å². The average Bonchev–Trinajstić information content (AvgIpc) is 3.30. The van der Waals surface area contributed by atoms with Crippen molar-refractivity contribution in [1.29, 1.82) is 0 Å². The van der Waals surface area contributed by atoms with Crippen LogP contribution in [0.4, 0.5) is 0 Å². The van der Waals surface area contributed by atoms with Crippen molar-refractivity contribution in [2.24, 2.45) is 0 Å². The third kappa shape index (κ3) is 3.60. The molecule has 0 aromatic heterocycles. The van der Waals surface area contributed by atoms with Gasteiger partial charge in [-0.05, 0) is 53.5 Å². The quantitative estimate of drug-likeness (QED) is 0.246. The number of benzene rings is 5. The molecule has 0 amide bonds. The summed E-state index contributed by atoms with van der Waals surface area (Å²) >= 11 is 0. The Kier molecular flexibility index (Phi) is 5.39. The van der Waals surface area contributed by atoms with Gasteiger partial charge in [-0.15, -0.1) is 0 Å². The average molecular weight is 500 g/mol. The molecule has 1 atom stereocenters. The molecule has 0 fully saturated rings. The SMILES string of the molecule is c1ccc(C2C[P+](c3ccccc3)(c3ccccc3)c3ccccc3[B-]3(Oc4ccccc4O3)O2)cc1. The number of fused-ring (bicyclic) bond motifs is 3. The maximum atomic E-state index is 7.10. The van der Waals surface area contributed by atoms with E-state index in [1.54, 1.807) is 0 Å². The maximum Gasteiger partial charge on any atom is 0.527 e. The zero-order valence-electron chi connectivity index (χ0n) is 20.3. The minimum Gasteiger partial charge on any atom is -0.653 e. The van der Waals surface area contributed by atoms with E-state index < -0.39 is 14.0 Å². The molecular weight excluding hydrogens is 474 g/mol. The fourth-order valence-electron chi connectivity index (χ4n) is 5.85. The Labute approximate surface area is 218 Å². The molecule has 0 radical (unpaired) electrons. The van der Waals surface area contributed by atoms with Gasteiger partial charge in [-0.2, -0.15) is 0 Å². The van der Waals surface area contributed by atoms with Gasteiger partial charge in [-0.3, -0.25) is 0 Å². The lowest BCUT2D eigenvalue weighted by Crippen LogP contribution is -2.63. The molecule has 1 spiro atoms. The van der Waals surface area contributed by atoms with Crippen molar-refractivity contribution in [1.82, 2.24) is 0 Å². The number of hydrogen-bond acceptors (Lipinski definition) is 3. The second-order valence-electron chi connectivity index (χ2n) is 9.58. The molecule has 5 heteroatoms. The molecule has 0 aliphatic carbocycles. The minimum atomic E-state index is -2.28. The van der Waals surface area contributed by atoms with E-state index >= 15 is 0 Å². The van der Waals surface area contributed by atoms with E-state index in [1.807, 2.05) is 30.3 Å². The molecule has 0 saturated heterocycles. The van der Waals surface area contributed by atoms with Crippen molar-refractivity contribution in [3.05, 3.63) is 145 Å². The van der Waals surface area contributed by atoms with Crippen LogP contribution in [0.25, 0.3) is 0 Å². The van der Waals surface area contributed by atoms with Crippen LogP contribution in [0.1, 0.15) is 11.7 Å². The monoisotopic (exact) mass is 500 g/mol. The number of para-hydroxylation sites is 2. The van der Waals surface area contributed by atoms with Gasteiger partial charge in [-0.25, -0.2) is 0 Å². The first-order valence-electron chi connectivity index (χ1n) is 12.7. The smallest absolute Gasteiger partial charge is 0.527 e. The molecule has 0 N–H and O–H groups in total. The van der Waals surface area contributed by atoms with E-state index in [1.165, 1.54) is 15.9 Å².